The highest BCUT2D eigenvalue weighted by Gasteiger charge is 2.28. The molecule has 9 heteroatoms. The van der Waals surface area contributed by atoms with Crippen molar-refractivity contribution in [3.05, 3.63) is 65.2 Å². The first-order valence-corrected chi connectivity index (χ1v) is 10.6. The topological polar surface area (TPSA) is 127 Å². The van der Waals surface area contributed by atoms with Crippen molar-refractivity contribution in [2.24, 2.45) is 5.14 Å². The SMILES string of the molecule is CC(NC(=O)c1ccc(CN2C(=O)CCC2=O)cc1)c1cccc(S(N)(=O)=O)c1. The van der Waals surface area contributed by atoms with Crippen molar-refractivity contribution >= 4 is 27.7 Å². The van der Waals surface area contributed by atoms with Gasteiger partial charge in [0.25, 0.3) is 5.91 Å². The van der Waals surface area contributed by atoms with E-state index in [4.69, 9.17) is 5.14 Å². The van der Waals surface area contributed by atoms with Crippen LogP contribution in [0.25, 0.3) is 0 Å². The van der Waals surface area contributed by atoms with Crippen LogP contribution in [0.4, 0.5) is 0 Å². The summed E-state index contributed by atoms with van der Waals surface area (Å²) in [6, 6.07) is 12.3. The van der Waals surface area contributed by atoms with E-state index in [1.165, 1.54) is 17.0 Å². The number of hydrogen-bond acceptors (Lipinski definition) is 5. The third kappa shape index (κ3) is 4.87. The Morgan fingerprint density at radius 2 is 1.72 bits per heavy atom. The monoisotopic (exact) mass is 415 g/mol. The third-order valence-electron chi connectivity index (χ3n) is 4.75. The highest BCUT2D eigenvalue weighted by molar-refractivity contribution is 7.89. The van der Waals surface area contributed by atoms with Gasteiger partial charge in [-0.2, -0.15) is 0 Å². The number of nitrogens with one attached hydrogen (secondary N) is 1. The Morgan fingerprint density at radius 3 is 2.31 bits per heavy atom. The van der Waals surface area contributed by atoms with Crippen LogP contribution in [0.3, 0.4) is 0 Å². The number of amides is 3. The molecule has 0 saturated carbocycles. The van der Waals surface area contributed by atoms with Gasteiger partial charge in [-0.25, -0.2) is 13.6 Å². The number of likely N-dealkylation sites (tertiary alicyclic amines) is 1. The maximum atomic E-state index is 12.5. The van der Waals surface area contributed by atoms with Gasteiger partial charge in [0.15, 0.2) is 0 Å². The maximum absolute atomic E-state index is 12.5. The number of imide groups is 1. The molecule has 29 heavy (non-hydrogen) atoms. The predicted octanol–water partition coefficient (Wildman–Crippen LogP) is 1.47. The number of benzene rings is 2. The predicted molar refractivity (Wildman–Crippen MR) is 105 cm³/mol. The molecule has 3 amide bonds. The zero-order valence-electron chi connectivity index (χ0n) is 15.8. The molecule has 1 atom stereocenters. The summed E-state index contributed by atoms with van der Waals surface area (Å²) in [5.74, 6) is -0.710. The highest BCUT2D eigenvalue weighted by atomic mass is 32.2. The number of carbonyl (C=O) groups excluding carboxylic acids is 3. The molecule has 0 aromatic heterocycles. The second-order valence-corrected chi connectivity index (χ2v) is 8.44. The summed E-state index contributed by atoms with van der Waals surface area (Å²) in [4.78, 5) is 37.1. The van der Waals surface area contributed by atoms with Crippen LogP contribution in [0, 0.1) is 0 Å². The maximum Gasteiger partial charge on any atom is 0.251 e. The number of nitrogens with two attached hydrogens (primary N) is 1. The summed E-state index contributed by atoms with van der Waals surface area (Å²) in [5, 5.41) is 7.95. The van der Waals surface area contributed by atoms with E-state index in [0.29, 0.717) is 11.1 Å². The fraction of sp³-hybridized carbons (Fsp3) is 0.250. The summed E-state index contributed by atoms with van der Waals surface area (Å²) in [6.45, 7) is 1.93. The molecule has 8 nitrogen and oxygen atoms in total. The van der Waals surface area contributed by atoms with Gasteiger partial charge in [0, 0.05) is 18.4 Å². The van der Waals surface area contributed by atoms with E-state index >= 15 is 0 Å². The van der Waals surface area contributed by atoms with Gasteiger partial charge in [0.2, 0.25) is 21.8 Å². The summed E-state index contributed by atoms with van der Waals surface area (Å²) in [5.41, 5.74) is 1.76. The molecule has 1 heterocycles. The molecule has 1 aliphatic rings. The zero-order valence-corrected chi connectivity index (χ0v) is 16.6. The van der Waals surface area contributed by atoms with Crippen LogP contribution in [0.15, 0.2) is 53.4 Å². The zero-order chi connectivity index (χ0) is 21.2. The molecule has 3 N–H and O–H groups in total. The molecule has 1 aliphatic heterocycles. The Balaban J connectivity index is 1.66. The van der Waals surface area contributed by atoms with Crippen molar-refractivity contribution in [1.82, 2.24) is 10.2 Å². The van der Waals surface area contributed by atoms with Crippen LogP contribution in [0.2, 0.25) is 0 Å². The van der Waals surface area contributed by atoms with Crippen molar-refractivity contribution in [3.8, 4) is 0 Å². The number of hydrogen-bond donors (Lipinski definition) is 2. The molecule has 3 rings (SSSR count). The normalized spacial score (nSPS) is 15.4. The number of nitrogens with zero attached hydrogens (tertiary/aromatic N) is 1. The molecule has 152 valence electrons. The van der Waals surface area contributed by atoms with Crippen LogP contribution in [0.5, 0.6) is 0 Å². The Kier molecular flexibility index (Phi) is 5.81. The largest absolute Gasteiger partial charge is 0.346 e. The Morgan fingerprint density at radius 1 is 1.10 bits per heavy atom. The Labute approximate surface area is 168 Å². The average Bonchev–Trinajstić information content (AvgIpc) is 3.00. The molecule has 1 fully saturated rings. The fourth-order valence-electron chi connectivity index (χ4n) is 3.07. The minimum Gasteiger partial charge on any atom is -0.346 e. The molecule has 0 radical (unpaired) electrons. The van der Waals surface area contributed by atoms with Gasteiger partial charge in [0.1, 0.15) is 0 Å². The van der Waals surface area contributed by atoms with E-state index in [1.54, 1.807) is 43.3 Å². The lowest BCUT2D eigenvalue weighted by Gasteiger charge is -2.16. The summed E-state index contributed by atoms with van der Waals surface area (Å²) in [7, 11) is -3.83. The first-order valence-electron chi connectivity index (χ1n) is 9.01. The number of carbonyl (C=O) groups is 3. The molecule has 1 saturated heterocycles. The van der Waals surface area contributed by atoms with E-state index in [2.05, 4.69) is 5.32 Å². The second kappa shape index (κ2) is 8.14. The fourth-order valence-corrected chi connectivity index (χ4v) is 3.64. The van der Waals surface area contributed by atoms with Gasteiger partial charge in [0.05, 0.1) is 17.5 Å². The van der Waals surface area contributed by atoms with Gasteiger partial charge in [-0.15, -0.1) is 0 Å². The van der Waals surface area contributed by atoms with Gasteiger partial charge in [-0.1, -0.05) is 24.3 Å². The van der Waals surface area contributed by atoms with Crippen LogP contribution < -0.4 is 10.5 Å². The van der Waals surface area contributed by atoms with E-state index in [-0.39, 0.29) is 42.0 Å². The first kappa shape index (κ1) is 20.7. The molecule has 0 bridgehead atoms. The molecule has 1 unspecified atom stereocenters. The summed E-state index contributed by atoms with van der Waals surface area (Å²) in [6.07, 6.45) is 0.480. The average molecular weight is 415 g/mol. The number of sulfonamides is 1. The smallest absolute Gasteiger partial charge is 0.251 e. The van der Waals surface area contributed by atoms with Gasteiger partial charge >= 0.3 is 0 Å². The van der Waals surface area contributed by atoms with Crippen molar-refractivity contribution in [2.45, 2.75) is 37.2 Å². The Hall–Kier alpha value is -3.04. The lowest BCUT2D eigenvalue weighted by atomic mass is 10.1. The van der Waals surface area contributed by atoms with E-state index in [0.717, 1.165) is 5.56 Å². The summed E-state index contributed by atoms with van der Waals surface area (Å²) < 4.78 is 23.0. The van der Waals surface area contributed by atoms with Crippen LogP contribution in [-0.2, 0) is 26.2 Å². The van der Waals surface area contributed by atoms with E-state index < -0.39 is 16.1 Å². The summed E-state index contributed by atoms with van der Waals surface area (Å²) >= 11 is 0. The lowest BCUT2D eigenvalue weighted by Crippen LogP contribution is -2.28. The van der Waals surface area contributed by atoms with Crippen molar-refractivity contribution in [3.63, 3.8) is 0 Å². The van der Waals surface area contributed by atoms with Gasteiger partial charge < -0.3 is 5.32 Å². The first-order chi connectivity index (χ1) is 13.6. The Bertz CT molecular complexity index is 1050. The third-order valence-corrected chi connectivity index (χ3v) is 5.66. The van der Waals surface area contributed by atoms with Crippen LogP contribution in [-0.4, -0.2) is 31.0 Å². The second-order valence-electron chi connectivity index (χ2n) is 6.88. The van der Waals surface area contributed by atoms with E-state index in [9.17, 15) is 22.8 Å². The minimum atomic E-state index is -3.83. The minimum absolute atomic E-state index is 0.0218. The molecule has 2 aromatic carbocycles. The van der Waals surface area contributed by atoms with Gasteiger partial charge in [-0.05, 0) is 42.3 Å². The molecule has 0 spiro atoms. The van der Waals surface area contributed by atoms with Crippen molar-refractivity contribution < 1.29 is 22.8 Å². The lowest BCUT2D eigenvalue weighted by molar-refractivity contribution is -0.139. The van der Waals surface area contributed by atoms with E-state index in [1.807, 2.05) is 0 Å². The van der Waals surface area contributed by atoms with Crippen molar-refractivity contribution in [2.75, 3.05) is 0 Å². The molecular formula is C20H21N3O5S. The van der Waals surface area contributed by atoms with Gasteiger partial charge in [-0.3, -0.25) is 19.3 Å². The van der Waals surface area contributed by atoms with Crippen LogP contribution >= 0.6 is 0 Å². The highest BCUT2D eigenvalue weighted by Crippen LogP contribution is 2.19. The molecular weight excluding hydrogens is 394 g/mol. The molecule has 0 aliphatic carbocycles. The number of primary sulfonamides is 1. The quantitative estimate of drug-likeness (QED) is 0.691. The standard InChI is InChI=1S/C20H21N3O5S/c1-13(16-3-2-4-17(11-16)29(21,27)28)22-20(26)15-7-5-14(6-8-15)12-23-18(24)9-10-19(23)25/h2-8,11,13H,9-10,12H2,1H3,(H,22,26)(H2,21,27,28). The van der Waals surface area contributed by atoms with Crippen molar-refractivity contribution in [1.29, 1.82) is 0 Å². The molecule has 2 aromatic rings. The number of rotatable bonds is 6. The van der Waals surface area contributed by atoms with Crippen LogP contribution in [0.1, 0.15) is 47.3 Å².